The largest absolute Gasteiger partial charge is 0.368 e. The molecule has 0 aliphatic rings. The number of hydrogen-bond donors (Lipinski definition) is 3. The number of nitrogens with two attached hydrogens (primary N) is 1. The minimum atomic E-state index is -0.0979. The van der Waals surface area contributed by atoms with Crippen LogP contribution in [0, 0.1) is 0 Å². The Morgan fingerprint density at radius 3 is 2.95 bits per heavy atom. The average molecular weight is 291 g/mol. The average Bonchev–Trinajstić information content (AvgIpc) is 2.82. The second kappa shape index (κ2) is 6.42. The Morgan fingerprint density at radius 2 is 2.30 bits per heavy atom. The lowest BCUT2D eigenvalue weighted by atomic mass is 10.0. The lowest BCUT2D eigenvalue weighted by Gasteiger charge is -2.09. The van der Waals surface area contributed by atoms with Crippen LogP contribution in [0.1, 0.15) is 25.3 Å². The van der Waals surface area contributed by atoms with Gasteiger partial charge >= 0.3 is 0 Å². The molecule has 0 aliphatic heterocycles. The lowest BCUT2D eigenvalue weighted by molar-refractivity contribution is -0.113. The van der Waals surface area contributed by atoms with Crippen LogP contribution in [0.25, 0.3) is 0 Å². The third kappa shape index (κ3) is 3.99. The zero-order valence-corrected chi connectivity index (χ0v) is 12.2. The molecule has 0 saturated carbocycles. The number of aromatic amines is 1. The number of nitrogen functional groups attached to an aromatic ring is 1. The van der Waals surface area contributed by atoms with E-state index in [9.17, 15) is 4.79 Å². The molecule has 1 amide bonds. The Morgan fingerprint density at radius 1 is 1.50 bits per heavy atom. The molecule has 0 aliphatic carbocycles. The van der Waals surface area contributed by atoms with Gasteiger partial charge in [0.2, 0.25) is 17.0 Å². The topological polar surface area (TPSA) is 96.7 Å². The summed E-state index contributed by atoms with van der Waals surface area (Å²) in [6.45, 7) is 4.23. The number of carbonyl (C=O) groups is 1. The molecule has 0 fully saturated rings. The summed E-state index contributed by atoms with van der Waals surface area (Å²) in [4.78, 5) is 15.8. The first-order valence-corrected chi connectivity index (χ1v) is 7.23. The number of aromatic nitrogens is 3. The number of anilines is 2. The van der Waals surface area contributed by atoms with E-state index in [0.717, 1.165) is 5.69 Å². The predicted octanol–water partition coefficient (Wildman–Crippen LogP) is 2.24. The van der Waals surface area contributed by atoms with Crippen LogP contribution in [0.5, 0.6) is 0 Å². The molecule has 0 radical (unpaired) electrons. The Labute approximate surface area is 121 Å². The highest BCUT2D eigenvalue weighted by Gasteiger charge is 2.08. The summed E-state index contributed by atoms with van der Waals surface area (Å²) in [6, 6.07) is 7.84. The van der Waals surface area contributed by atoms with E-state index in [1.54, 1.807) is 0 Å². The summed E-state index contributed by atoms with van der Waals surface area (Å²) < 4.78 is 0. The summed E-state index contributed by atoms with van der Waals surface area (Å²) in [5, 5.41) is 9.70. The van der Waals surface area contributed by atoms with Crippen LogP contribution in [0.4, 0.5) is 11.6 Å². The molecule has 0 spiro atoms. The van der Waals surface area contributed by atoms with E-state index in [1.165, 1.54) is 17.3 Å². The van der Waals surface area contributed by atoms with E-state index in [2.05, 4.69) is 34.3 Å². The fraction of sp³-hybridized carbons (Fsp3) is 0.308. The molecule has 1 aromatic heterocycles. The quantitative estimate of drug-likeness (QED) is 0.734. The van der Waals surface area contributed by atoms with Gasteiger partial charge in [0.25, 0.3) is 0 Å². The molecule has 0 atom stereocenters. The van der Waals surface area contributed by atoms with Crippen LogP contribution in [0.15, 0.2) is 29.4 Å². The highest BCUT2D eigenvalue weighted by molar-refractivity contribution is 7.99. The number of amides is 1. The maximum atomic E-state index is 11.8. The van der Waals surface area contributed by atoms with E-state index in [-0.39, 0.29) is 17.6 Å². The molecule has 2 aromatic rings. The molecule has 0 unspecified atom stereocenters. The molecule has 20 heavy (non-hydrogen) atoms. The van der Waals surface area contributed by atoms with Gasteiger partial charge in [-0.1, -0.05) is 37.7 Å². The van der Waals surface area contributed by atoms with Crippen molar-refractivity contribution in [3.8, 4) is 0 Å². The van der Waals surface area contributed by atoms with Crippen molar-refractivity contribution in [2.45, 2.75) is 24.9 Å². The van der Waals surface area contributed by atoms with Crippen LogP contribution in [-0.4, -0.2) is 26.8 Å². The summed E-state index contributed by atoms with van der Waals surface area (Å²) in [5.74, 6) is 0.817. The number of hydrogen-bond acceptors (Lipinski definition) is 5. The van der Waals surface area contributed by atoms with Crippen molar-refractivity contribution < 1.29 is 4.79 Å². The Bertz CT molecular complexity index is 596. The molecular formula is C13H17N5OS. The maximum Gasteiger partial charge on any atom is 0.234 e. The van der Waals surface area contributed by atoms with Gasteiger partial charge in [0.05, 0.1) is 5.75 Å². The number of H-pyrrole nitrogens is 1. The zero-order valence-electron chi connectivity index (χ0n) is 11.4. The van der Waals surface area contributed by atoms with Gasteiger partial charge in [0, 0.05) is 5.69 Å². The van der Waals surface area contributed by atoms with Crippen molar-refractivity contribution in [1.82, 2.24) is 15.2 Å². The molecule has 7 heteroatoms. The summed E-state index contributed by atoms with van der Waals surface area (Å²) >= 11 is 1.23. The molecule has 1 heterocycles. The van der Waals surface area contributed by atoms with Crippen molar-refractivity contribution in [1.29, 1.82) is 0 Å². The van der Waals surface area contributed by atoms with Gasteiger partial charge in [-0.2, -0.15) is 4.98 Å². The van der Waals surface area contributed by atoms with Gasteiger partial charge in [-0.15, -0.1) is 5.10 Å². The SMILES string of the molecule is CC(C)c1cccc(NC(=O)CSc2n[nH]c(N)n2)c1. The molecular weight excluding hydrogens is 274 g/mol. The first-order chi connectivity index (χ1) is 9.54. The summed E-state index contributed by atoms with van der Waals surface area (Å²) in [6.07, 6.45) is 0. The molecule has 4 N–H and O–H groups in total. The van der Waals surface area contributed by atoms with E-state index < -0.39 is 0 Å². The first-order valence-electron chi connectivity index (χ1n) is 6.25. The van der Waals surface area contributed by atoms with Crippen LogP contribution >= 0.6 is 11.8 Å². The predicted molar refractivity (Wildman–Crippen MR) is 80.7 cm³/mol. The Kier molecular flexibility index (Phi) is 4.62. The highest BCUT2D eigenvalue weighted by Crippen LogP contribution is 2.19. The van der Waals surface area contributed by atoms with Crippen molar-refractivity contribution >= 4 is 29.3 Å². The second-order valence-electron chi connectivity index (χ2n) is 4.62. The molecule has 0 bridgehead atoms. The standard InChI is InChI=1S/C13H17N5OS/c1-8(2)9-4-3-5-10(6-9)15-11(19)7-20-13-16-12(14)17-18-13/h3-6,8H,7H2,1-2H3,(H,15,19)(H3,14,16,17,18). The first kappa shape index (κ1) is 14.4. The highest BCUT2D eigenvalue weighted by atomic mass is 32.2. The van der Waals surface area contributed by atoms with Crippen molar-refractivity contribution in [3.05, 3.63) is 29.8 Å². The van der Waals surface area contributed by atoms with Gasteiger partial charge < -0.3 is 11.1 Å². The number of rotatable bonds is 5. The van der Waals surface area contributed by atoms with Crippen LogP contribution in [0.2, 0.25) is 0 Å². The van der Waals surface area contributed by atoms with Gasteiger partial charge in [0.15, 0.2) is 0 Å². The molecule has 6 nitrogen and oxygen atoms in total. The van der Waals surface area contributed by atoms with Crippen LogP contribution in [-0.2, 0) is 4.79 Å². The van der Waals surface area contributed by atoms with E-state index in [4.69, 9.17) is 5.73 Å². The fourth-order valence-electron chi connectivity index (χ4n) is 1.63. The van der Waals surface area contributed by atoms with Gasteiger partial charge in [-0.3, -0.25) is 4.79 Å². The molecule has 0 saturated heterocycles. The number of nitrogens with one attached hydrogen (secondary N) is 2. The van der Waals surface area contributed by atoms with E-state index in [0.29, 0.717) is 11.1 Å². The maximum absolute atomic E-state index is 11.8. The van der Waals surface area contributed by atoms with Gasteiger partial charge in [-0.25, -0.2) is 5.10 Å². The van der Waals surface area contributed by atoms with E-state index in [1.807, 2.05) is 24.3 Å². The number of carbonyl (C=O) groups excluding carboxylic acids is 1. The van der Waals surface area contributed by atoms with Crippen molar-refractivity contribution in [2.24, 2.45) is 0 Å². The molecule has 106 valence electrons. The minimum absolute atomic E-state index is 0.0979. The summed E-state index contributed by atoms with van der Waals surface area (Å²) in [5.41, 5.74) is 7.40. The normalized spacial score (nSPS) is 10.8. The smallest absolute Gasteiger partial charge is 0.234 e. The zero-order chi connectivity index (χ0) is 14.5. The monoisotopic (exact) mass is 291 g/mol. The van der Waals surface area contributed by atoms with Crippen LogP contribution in [0.3, 0.4) is 0 Å². The number of thioether (sulfide) groups is 1. The summed E-state index contributed by atoms with van der Waals surface area (Å²) in [7, 11) is 0. The third-order valence-electron chi connectivity index (χ3n) is 2.65. The Balaban J connectivity index is 1.89. The third-order valence-corrected chi connectivity index (χ3v) is 3.50. The second-order valence-corrected chi connectivity index (χ2v) is 5.56. The van der Waals surface area contributed by atoms with E-state index >= 15 is 0 Å². The molecule has 1 aromatic carbocycles. The van der Waals surface area contributed by atoms with Crippen LogP contribution < -0.4 is 11.1 Å². The van der Waals surface area contributed by atoms with Crippen molar-refractivity contribution in [3.63, 3.8) is 0 Å². The van der Waals surface area contributed by atoms with Gasteiger partial charge in [0.1, 0.15) is 0 Å². The Hall–Kier alpha value is -2.02. The fourth-order valence-corrected chi connectivity index (χ4v) is 2.23. The lowest BCUT2D eigenvalue weighted by Crippen LogP contribution is -2.14. The molecule has 2 rings (SSSR count). The van der Waals surface area contributed by atoms with Gasteiger partial charge in [-0.05, 0) is 23.6 Å². The number of nitrogens with zero attached hydrogens (tertiary/aromatic N) is 2. The minimum Gasteiger partial charge on any atom is -0.368 e. The number of benzene rings is 1. The van der Waals surface area contributed by atoms with Crippen molar-refractivity contribution in [2.75, 3.05) is 16.8 Å².